The number of aryl methyl sites for hydroxylation is 1. The monoisotopic (exact) mass is 136 g/mol. The molecular weight excluding hydrogens is 124 g/mol. The first-order valence-electron chi connectivity index (χ1n) is 3.31. The molecule has 1 heteroatoms. The van der Waals surface area contributed by atoms with Crippen LogP contribution in [0.15, 0.2) is 24.3 Å². The molecule has 1 N–H and O–H groups in total. The molecule has 0 unspecified atom stereocenters. The van der Waals surface area contributed by atoms with Crippen molar-refractivity contribution in [3.63, 3.8) is 0 Å². The smallest absolute Gasteiger partial charge is 0.145 e. The zero-order valence-corrected chi connectivity index (χ0v) is 6.17. The number of ether oxygens (including phenoxy) is 1. The lowest BCUT2D eigenvalue weighted by atomic mass is 10.2. The molecule has 54 valence electrons. The molecule has 0 spiro atoms. The molecule has 0 atom stereocenters. The van der Waals surface area contributed by atoms with Crippen LogP contribution < -0.4 is 0 Å². The van der Waals surface area contributed by atoms with Crippen LogP contribution in [-0.2, 0) is 6.61 Å². The first-order chi connectivity index (χ1) is 4.83. The summed E-state index contributed by atoms with van der Waals surface area (Å²) in [5.41, 5.74) is 2.51. The first-order valence-corrected chi connectivity index (χ1v) is 3.31. The average molecular weight is 136 g/mol. The molecule has 0 saturated carbocycles. The summed E-state index contributed by atoms with van der Waals surface area (Å²) in [6.07, 6.45) is 0. The molecule has 10 heavy (non-hydrogen) atoms. The molecule has 0 aliphatic carbocycles. The lowest BCUT2D eigenvalue weighted by Gasteiger charge is -1.99. The molecule has 1 rings (SSSR count). The molecule has 0 aliphatic rings. The van der Waals surface area contributed by atoms with Crippen LogP contribution in [-0.4, -0.2) is 4.74 Å². The van der Waals surface area contributed by atoms with E-state index in [4.69, 9.17) is 0 Å². The third kappa shape index (κ3) is 1.85. The normalized spacial score (nSPS) is 9.80. The highest BCUT2D eigenvalue weighted by molar-refractivity contribution is 5.20. The van der Waals surface area contributed by atoms with Crippen molar-refractivity contribution in [2.75, 3.05) is 0 Å². The molecule has 1 aromatic rings. The van der Waals surface area contributed by atoms with Crippen LogP contribution >= 0.6 is 0 Å². The van der Waals surface area contributed by atoms with Gasteiger partial charge in [-0.3, -0.25) is 0 Å². The van der Waals surface area contributed by atoms with Gasteiger partial charge in [-0.15, -0.1) is 0 Å². The van der Waals surface area contributed by atoms with Gasteiger partial charge in [-0.2, -0.15) is 0 Å². The Morgan fingerprint density at radius 3 is 2.40 bits per heavy atom. The molecule has 0 saturated heterocycles. The topological polar surface area (TPSA) is 12.8 Å². The highest BCUT2D eigenvalue weighted by atomic mass is 16.5. The van der Waals surface area contributed by atoms with Crippen molar-refractivity contribution < 1.29 is 4.74 Å². The summed E-state index contributed by atoms with van der Waals surface area (Å²) in [7, 11) is 3.43. The molecule has 1 aromatic carbocycles. The van der Waals surface area contributed by atoms with Gasteiger partial charge in [-0.1, -0.05) is 36.9 Å². The van der Waals surface area contributed by atoms with Gasteiger partial charge in [0, 0.05) is 5.56 Å². The summed E-state index contributed by atoms with van der Waals surface area (Å²) in [5, 5.41) is 0. The molecule has 0 bridgehead atoms. The van der Waals surface area contributed by atoms with E-state index in [1.165, 1.54) is 11.1 Å². The van der Waals surface area contributed by atoms with Gasteiger partial charge < -0.3 is 4.74 Å². The second-order valence-electron chi connectivity index (χ2n) is 2.37. The van der Waals surface area contributed by atoms with Crippen molar-refractivity contribution in [2.24, 2.45) is 0 Å². The van der Waals surface area contributed by atoms with Gasteiger partial charge in [-0.05, 0) is 6.92 Å². The summed E-state index contributed by atoms with van der Waals surface area (Å²) >= 11 is 0. The highest BCUT2D eigenvalue weighted by Gasteiger charge is 1.89. The zero-order chi connectivity index (χ0) is 7.40. The first kappa shape index (κ1) is 7.29. The maximum atomic E-state index is 3.79. The minimum atomic E-state index is 0.722. The molecule has 0 fully saturated rings. The van der Waals surface area contributed by atoms with E-state index in [0.29, 0.717) is 0 Å². The Labute approximate surface area is 61.6 Å². The van der Waals surface area contributed by atoms with Crippen LogP contribution in [0.5, 0.6) is 0 Å². The maximum Gasteiger partial charge on any atom is 0.145 e. The Kier molecular flexibility index (Phi) is 2.46. The zero-order valence-electron chi connectivity index (χ0n) is 6.17. The third-order valence-corrected chi connectivity index (χ3v) is 1.41. The largest absolute Gasteiger partial charge is 0.578 e. The molecule has 0 aliphatic heterocycles. The lowest BCUT2D eigenvalue weighted by Crippen LogP contribution is -1.88. The van der Waals surface area contributed by atoms with Crippen LogP contribution in [0.2, 0.25) is 0 Å². The fraction of sp³-hybridized carbons (Fsp3) is 0.222. The van der Waals surface area contributed by atoms with Crippen LogP contribution in [0, 0.1) is 14.0 Å². The van der Waals surface area contributed by atoms with Gasteiger partial charge in [0.2, 0.25) is 0 Å². The van der Waals surface area contributed by atoms with E-state index in [1.807, 2.05) is 0 Å². The minimum Gasteiger partial charge on any atom is -0.578 e. The molecule has 1 nitrogen and oxygen atoms in total. The van der Waals surface area contributed by atoms with E-state index in [2.05, 4.69) is 43.0 Å². The fourth-order valence-corrected chi connectivity index (χ4v) is 0.823. The number of benzene rings is 1. The van der Waals surface area contributed by atoms with Gasteiger partial charge >= 0.3 is 0 Å². The van der Waals surface area contributed by atoms with Gasteiger partial charge in [0.25, 0.3) is 0 Å². The molecule has 0 radical (unpaired) electrons. The van der Waals surface area contributed by atoms with Crippen molar-refractivity contribution in [3.8, 4) is 0 Å². The van der Waals surface area contributed by atoms with E-state index in [9.17, 15) is 0 Å². The van der Waals surface area contributed by atoms with Crippen molar-refractivity contribution in [1.29, 1.82) is 0 Å². The van der Waals surface area contributed by atoms with Crippen molar-refractivity contribution >= 4 is 0 Å². The summed E-state index contributed by atoms with van der Waals surface area (Å²) in [6, 6.07) is 8.31. The van der Waals surface area contributed by atoms with Crippen LogP contribution in [0.3, 0.4) is 0 Å². The summed E-state index contributed by atoms with van der Waals surface area (Å²) < 4.78 is 3.79. The van der Waals surface area contributed by atoms with E-state index in [-0.39, 0.29) is 0 Å². The van der Waals surface area contributed by atoms with Gasteiger partial charge in [-0.25, -0.2) is 0 Å². The van der Waals surface area contributed by atoms with E-state index in [1.54, 1.807) is 0 Å². The summed E-state index contributed by atoms with van der Waals surface area (Å²) in [5.74, 6) is 0. The number of hydrogen-bond donors (Lipinski definition) is 0. The molecular formula is C9H12O. The standard InChI is InChI=1S/C9H12O/c1-8-3-5-9(6-4-8)7-10-2/h3-6,10H,2,7H2,1H3. The van der Waals surface area contributed by atoms with Gasteiger partial charge in [0.15, 0.2) is 0 Å². The fourth-order valence-electron chi connectivity index (χ4n) is 0.823. The van der Waals surface area contributed by atoms with E-state index in [0.717, 1.165) is 6.61 Å². The Morgan fingerprint density at radius 2 is 1.90 bits per heavy atom. The average Bonchev–Trinajstić information content (AvgIpc) is 1.95. The minimum absolute atomic E-state index is 0.722. The third-order valence-electron chi connectivity index (χ3n) is 1.41. The van der Waals surface area contributed by atoms with Crippen molar-refractivity contribution in [2.45, 2.75) is 13.5 Å². The number of hydrogen-bond acceptors (Lipinski definition) is 0. The predicted molar refractivity (Wildman–Crippen MR) is 42.5 cm³/mol. The van der Waals surface area contributed by atoms with Gasteiger partial charge in [0.05, 0.1) is 0 Å². The van der Waals surface area contributed by atoms with Crippen molar-refractivity contribution in [1.82, 2.24) is 0 Å². The number of aliphatic hydroxyl groups is 2. The highest BCUT2D eigenvalue weighted by Crippen LogP contribution is 2.02. The van der Waals surface area contributed by atoms with Crippen LogP contribution in [0.1, 0.15) is 11.1 Å². The SMILES string of the molecule is [CH2-][OH+]Cc1ccc(C)cc1. The maximum absolute atomic E-state index is 3.79. The summed E-state index contributed by atoms with van der Waals surface area (Å²) in [4.78, 5) is 0. The van der Waals surface area contributed by atoms with E-state index >= 15 is 0 Å². The lowest BCUT2D eigenvalue weighted by molar-refractivity contribution is 0.0401. The molecule has 0 aromatic heterocycles. The quantitative estimate of drug-likeness (QED) is 0.434. The Balaban J connectivity index is 2.69. The molecule has 0 heterocycles. The Bertz CT molecular complexity index is 188. The van der Waals surface area contributed by atoms with Gasteiger partial charge in [0.1, 0.15) is 6.61 Å². The Hall–Kier alpha value is -0.820. The Morgan fingerprint density at radius 1 is 1.30 bits per heavy atom. The molecule has 0 amide bonds. The van der Waals surface area contributed by atoms with Crippen molar-refractivity contribution in [3.05, 3.63) is 42.5 Å². The predicted octanol–water partition coefficient (Wildman–Crippen LogP) is 1.81. The van der Waals surface area contributed by atoms with Crippen LogP contribution in [0.4, 0.5) is 0 Å². The second kappa shape index (κ2) is 3.37. The number of rotatable bonds is 2. The second-order valence-corrected chi connectivity index (χ2v) is 2.37. The van der Waals surface area contributed by atoms with Crippen LogP contribution in [0.25, 0.3) is 0 Å². The summed E-state index contributed by atoms with van der Waals surface area (Å²) in [6.45, 7) is 2.80. The van der Waals surface area contributed by atoms with E-state index < -0.39 is 0 Å².